The van der Waals surface area contributed by atoms with Crippen LogP contribution >= 0.6 is 34.8 Å². The first-order chi connectivity index (χ1) is 11.8. The Hall–Kier alpha value is -2.16. The first-order valence-electron chi connectivity index (χ1n) is 6.48. The lowest BCUT2D eigenvalue weighted by Gasteiger charge is -2.07. The monoisotopic (exact) mass is 408 g/mol. The van der Waals surface area contributed by atoms with Crippen LogP contribution < -0.4 is 15.9 Å². The van der Waals surface area contributed by atoms with Crippen molar-refractivity contribution in [3.05, 3.63) is 50.7 Å². The molecule has 1 heterocycles. The van der Waals surface area contributed by atoms with Crippen LogP contribution in [0.1, 0.15) is 16.1 Å². The van der Waals surface area contributed by atoms with Crippen molar-refractivity contribution >= 4 is 52.6 Å². The highest BCUT2D eigenvalue weighted by molar-refractivity contribution is 6.46. The molecule has 0 saturated carbocycles. The lowest BCUT2D eigenvalue weighted by molar-refractivity contribution is -0.0498. The van der Waals surface area contributed by atoms with E-state index in [-0.39, 0.29) is 32.3 Å². The molecular weight excluding hydrogens is 401 g/mol. The lowest BCUT2D eigenvalue weighted by atomic mass is 10.2. The summed E-state index contributed by atoms with van der Waals surface area (Å²) in [6.07, 6.45) is 1.28. The van der Waals surface area contributed by atoms with E-state index < -0.39 is 12.5 Å². The number of nitrogens with zero attached hydrogens (tertiary/aromatic N) is 2. The second-order valence-electron chi connectivity index (χ2n) is 4.44. The number of aromatic nitrogens is 1. The van der Waals surface area contributed by atoms with Crippen molar-refractivity contribution in [2.24, 2.45) is 5.10 Å². The predicted octanol–water partition coefficient (Wildman–Crippen LogP) is 3.99. The molecule has 0 fully saturated rings. The van der Waals surface area contributed by atoms with Gasteiger partial charge < -0.3 is 10.5 Å². The van der Waals surface area contributed by atoms with Gasteiger partial charge in [0, 0.05) is 0 Å². The fourth-order valence-electron chi connectivity index (χ4n) is 1.64. The van der Waals surface area contributed by atoms with Crippen LogP contribution in [-0.2, 0) is 0 Å². The SMILES string of the molecule is Nc1c(Cl)c(Cl)nc(C(=O)N/N=C/c2ccc(OC(F)F)cc2)c1Cl. The van der Waals surface area contributed by atoms with Crippen LogP contribution in [0.3, 0.4) is 0 Å². The van der Waals surface area contributed by atoms with E-state index >= 15 is 0 Å². The summed E-state index contributed by atoms with van der Waals surface area (Å²) in [4.78, 5) is 15.8. The zero-order valence-electron chi connectivity index (χ0n) is 12.1. The fourth-order valence-corrected chi connectivity index (χ4v) is 2.23. The summed E-state index contributed by atoms with van der Waals surface area (Å²) in [6, 6.07) is 5.59. The quantitative estimate of drug-likeness (QED) is 0.444. The molecule has 0 spiro atoms. The molecule has 0 bridgehead atoms. The minimum atomic E-state index is -2.91. The number of hydrogen-bond acceptors (Lipinski definition) is 5. The van der Waals surface area contributed by atoms with Gasteiger partial charge in [-0.3, -0.25) is 4.79 Å². The number of halogens is 5. The van der Waals surface area contributed by atoms with E-state index in [1.54, 1.807) is 0 Å². The number of benzene rings is 1. The van der Waals surface area contributed by atoms with Crippen LogP contribution in [-0.4, -0.2) is 23.7 Å². The van der Waals surface area contributed by atoms with Crippen molar-refractivity contribution in [1.82, 2.24) is 10.4 Å². The summed E-state index contributed by atoms with van der Waals surface area (Å²) >= 11 is 17.4. The van der Waals surface area contributed by atoms with Crippen molar-refractivity contribution in [2.45, 2.75) is 6.61 Å². The Balaban J connectivity index is 2.06. The molecule has 3 N–H and O–H groups in total. The maximum Gasteiger partial charge on any atom is 0.387 e. The summed E-state index contributed by atoms with van der Waals surface area (Å²) in [5.41, 5.74) is 8.00. The van der Waals surface area contributed by atoms with Gasteiger partial charge in [0.05, 0.1) is 16.9 Å². The number of pyridine rings is 1. The second kappa shape index (κ2) is 8.28. The van der Waals surface area contributed by atoms with Gasteiger partial charge in [0.2, 0.25) is 0 Å². The molecule has 0 aliphatic heterocycles. The van der Waals surface area contributed by atoms with Crippen molar-refractivity contribution in [3.8, 4) is 5.75 Å². The van der Waals surface area contributed by atoms with Crippen LogP contribution in [0, 0.1) is 0 Å². The maximum atomic E-state index is 12.0. The molecule has 0 unspecified atom stereocenters. The number of ether oxygens (including phenoxy) is 1. The van der Waals surface area contributed by atoms with E-state index in [2.05, 4.69) is 20.2 Å². The number of amides is 1. The molecule has 0 aliphatic carbocycles. The molecule has 1 aromatic carbocycles. The van der Waals surface area contributed by atoms with Crippen molar-refractivity contribution < 1.29 is 18.3 Å². The number of anilines is 1. The second-order valence-corrected chi connectivity index (χ2v) is 5.55. The molecular formula is C14H9Cl3F2N4O2. The van der Waals surface area contributed by atoms with Crippen LogP contribution in [0.25, 0.3) is 0 Å². The average molecular weight is 410 g/mol. The number of carbonyl (C=O) groups is 1. The van der Waals surface area contributed by atoms with Crippen molar-refractivity contribution in [1.29, 1.82) is 0 Å². The summed E-state index contributed by atoms with van der Waals surface area (Å²) in [6.45, 7) is -2.91. The summed E-state index contributed by atoms with van der Waals surface area (Å²) in [7, 11) is 0. The van der Waals surface area contributed by atoms with Gasteiger partial charge in [0.25, 0.3) is 5.91 Å². The minimum absolute atomic E-state index is 0.00144. The summed E-state index contributed by atoms with van der Waals surface area (Å²) in [5, 5.41) is 3.31. The van der Waals surface area contributed by atoms with E-state index in [0.29, 0.717) is 5.56 Å². The molecule has 2 rings (SSSR count). The minimum Gasteiger partial charge on any atom is -0.435 e. The van der Waals surface area contributed by atoms with Crippen LogP contribution in [0.4, 0.5) is 14.5 Å². The normalized spacial score (nSPS) is 11.1. The number of hydrazone groups is 1. The standard InChI is InChI=1S/C14H9Cl3F2N4O2/c15-8-10(20)9(16)12(17)22-11(8)13(24)23-21-5-6-1-3-7(4-2-6)25-14(18)19/h1-5,14H,(H2,20,22)(H,23,24)/b21-5+. The third-order valence-electron chi connectivity index (χ3n) is 2.77. The Bertz CT molecular complexity index is 817. The number of nitrogens with two attached hydrogens (primary N) is 1. The third-order valence-corrected chi connectivity index (χ3v) is 3.91. The van der Waals surface area contributed by atoms with E-state index in [0.717, 1.165) is 0 Å². The third kappa shape index (κ3) is 4.91. The van der Waals surface area contributed by atoms with E-state index in [1.165, 1.54) is 30.5 Å². The van der Waals surface area contributed by atoms with Crippen molar-refractivity contribution in [3.63, 3.8) is 0 Å². The molecule has 1 amide bonds. The van der Waals surface area contributed by atoms with Gasteiger partial charge in [0.1, 0.15) is 10.8 Å². The molecule has 6 nitrogen and oxygen atoms in total. The van der Waals surface area contributed by atoms with Crippen LogP contribution in [0.5, 0.6) is 5.75 Å². The first-order valence-corrected chi connectivity index (χ1v) is 7.61. The highest BCUT2D eigenvalue weighted by Gasteiger charge is 2.19. The summed E-state index contributed by atoms with van der Waals surface area (Å²) in [5.74, 6) is -0.761. The van der Waals surface area contributed by atoms with Gasteiger partial charge in [-0.2, -0.15) is 13.9 Å². The van der Waals surface area contributed by atoms with Crippen molar-refractivity contribution in [2.75, 3.05) is 5.73 Å². The molecule has 2 aromatic rings. The molecule has 25 heavy (non-hydrogen) atoms. The highest BCUT2D eigenvalue weighted by Crippen LogP contribution is 2.34. The van der Waals surface area contributed by atoms with E-state index in [1.807, 2.05) is 0 Å². The molecule has 132 valence electrons. The number of carbonyl (C=O) groups excluding carboxylic acids is 1. The van der Waals surface area contributed by atoms with Gasteiger partial charge in [-0.15, -0.1) is 0 Å². The smallest absolute Gasteiger partial charge is 0.387 e. The zero-order valence-corrected chi connectivity index (χ0v) is 14.4. The average Bonchev–Trinajstić information content (AvgIpc) is 2.57. The van der Waals surface area contributed by atoms with Gasteiger partial charge in [0.15, 0.2) is 10.8 Å². The Morgan fingerprint density at radius 2 is 1.88 bits per heavy atom. The van der Waals surface area contributed by atoms with Gasteiger partial charge in [-0.1, -0.05) is 34.8 Å². The molecule has 0 saturated heterocycles. The fraction of sp³-hybridized carbons (Fsp3) is 0.0714. The molecule has 1 aromatic heterocycles. The van der Waals surface area contributed by atoms with Gasteiger partial charge in [-0.25, -0.2) is 10.4 Å². The number of nitrogens with one attached hydrogen (secondary N) is 1. The highest BCUT2D eigenvalue weighted by atomic mass is 35.5. The Labute approximate surface area is 155 Å². The molecule has 0 aliphatic rings. The van der Waals surface area contributed by atoms with E-state index in [4.69, 9.17) is 40.5 Å². The first kappa shape index (κ1) is 19.2. The van der Waals surface area contributed by atoms with Gasteiger partial charge >= 0.3 is 6.61 Å². The Morgan fingerprint density at radius 3 is 2.48 bits per heavy atom. The Kier molecular flexibility index (Phi) is 6.35. The summed E-state index contributed by atoms with van der Waals surface area (Å²) < 4.78 is 28.3. The topological polar surface area (TPSA) is 89.6 Å². The number of hydrogen-bond donors (Lipinski definition) is 2. The largest absolute Gasteiger partial charge is 0.435 e. The van der Waals surface area contributed by atoms with Crippen LogP contribution in [0.2, 0.25) is 15.2 Å². The number of nitrogen functional groups attached to an aromatic ring is 1. The predicted molar refractivity (Wildman–Crippen MR) is 91.8 cm³/mol. The lowest BCUT2D eigenvalue weighted by Crippen LogP contribution is -2.20. The number of alkyl halides is 2. The van der Waals surface area contributed by atoms with Gasteiger partial charge in [-0.05, 0) is 29.8 Å². The maximum absolute atomic E-state index is 12.0. The number of rotatable bonds is 5. The molecule has 0 atom stereocenters. The zero-order chi connectivity index (χ0) is 18.6. The van der Waals surface area contributed by atoms with E-state index in [9.17, 15) is 13.6 Å². The Morgan fingerprint density at radius 1 is 1.24 bits per heavy atom. The van der Waals surface area contributed by atoms with Crippen LogP contribution in [0.15, 0.2) is 29.4 Å². The molecule has 0 radical (unpaired) electrons. The molecule has 11 heteroatoms.